The van der Waals surface area contributed by atoms with Gasteiger partial charge in [0.15, 0.2) is 6.10 Å². The summed E-state index contributed by atoms with van der Waals surface area (Å²) in [6, 6.07) is 12.9. The molecule has 2 rings (SSSR count). The van der Waals surface area contributed by atoms with Crippen molar-refractivity contribution in [3.8, 4) is 11.5 Å². The Morgan fingerprint density at radius 1 is 0.852 bits per heavy atom. The summed E-state index contributed by atoms with van der Waals surface area (Å²) in [4.78, 5) is 36.2. The molecule has 7 heteroatoms. The zero-order valence-electron chi connectivity index (χ0n) is 15.4. The van der Waals surface area contributed by atoms with Gasteiger partial charge in [0.1, 0.15) is 18.0 Å². The Kier molecular flexibility index (Phi) is 6.93. The molecule has 0 aliphatic heterocycles. The van der Waals surface area contributed by atoms with Crippen LogP contribution in [0.2, 0.25) is 0 Å². The van der Waals surface area contributed by atoms with Crippen molar-refractivity contribution in [2.75, 3.05) is 20.8 Å². The second kappa shape index (κ2) is 9.38. The maximum Gasteiger partial charge on any atom is 0.326 e. The quantitative estimate of drug-likeness (QED) is 0.565. The van der Waals surface area contributed by atoms with Crippen LogP contribution < -0.4 is 14.8 Å². The number of carbonyl (C=O) groups is 3. The molecule has 1 atom stereocenters. The molecular formula is C20H21NO6. The molecule has 0 saturated heterocycles. The highest BCUT2D eigenvalue weighted by Crippen LogP contribution is 2.14. The molecule has 2 aromatic rings. The predicted octanol–water partition coefficient (Wildman–Crippen LogP) is 2.25. The molecule has 0 bridgehead atoms. The number of rotatable bonds is 8. The number of Topliss-reactive ketones (excluding diaryl/α,β-unsaturated/α-hetero) is 1. The number of esters is 1. The maximum absolute atomic E-state index is 12.3. The summed E-state index contributed by atoms with van der Waals surface area (Å²) in [5, 5.41) is 2.45. The van der Waals surface area contributed by atoms with E-state index in [1.165, 1.54) is 21.1 Å². The Bertz CT molecular complexity index is 798. The summed E-state index contributed by atoms with van der Waals surface area (Å²) in [5.41, 5.74) is 0.782. The van der Waals surface area contributed by atoms with Crippen LogP contribution in [-0.2, 0) is 9.53 Å². The molecule has 1 N–H and O–H groups in total. The number of methoxy groups -OCH3 is 2. The van der Waals surface area contributed by atoms with Gasteiger partial charge in [-0.25, -0.2) is 0 Å². The highest BCUT2D eigenvalue weighted by molar-refractivity contribution is 6.00. The van der Waals surface area contributed by atoms with E-state index in [2.05, 4.69) is 5.32 Å². The average Bonchev–Trinajstić information content (AvgIpc) is 2.71. The molecule has 0 aliphatic rings. The molecule has 7 nitrogen and oxygen atoms in total. The van der Waals surface area contributed by atoms with Gasteiger partial charge in [0.05, 0.1) is 14.2 Å². The van der Waals surface area contributed by atoms with E-state index in [1.807, 2.05) is 0 Å². The van der Waals surface area contributed by atoms with E-state index in [1.54, 1.807) is 48.5 Å². The summed E-state index contributed by atoms with van der Waals surface area (Å²) < 4.78 is 15.1. The normalized spacial score (nSPS) is 11.2. The van der Waals surface area contributed by atoms with Gasteiger partial charge in [0.25, 0.3) is 5.91 Å². The van der Waals surface area contributed by atoms with Crippen LogP contribution in [0.5, 0.6) is 11.5 Å². The molecule has 142 valence electrons. The molecule has 27 heavy (non-hydrogen) atoms. The van der Waals surface area contributed by atoms with Crippen molar-refractivity contribution in [2.45, 2.75) is 13.0 Å². The number of ketones is 1. The Hall–Kier alpha value is -3.35. The van der Waals surface area contributed by atoms with Crippen LogP contribution in [0, 0.1) is 0 Å². The second-order valence-corrected chi connectivity index (χ2v) is 5.64. The SMILES string of the molecule is COc1ccc(C(=O)NCC(=O)O[C@@H](C)C(=O)c2ccc(OC)cc2)cc1. The molecule has 0 heterocycles. The number of ether oxygens (including phenoxy) is 3. The van der Waals surface area contributed by atoms with Crippen molar-refractivity contribution >= 4 is 17.7 Å². The van der Waals surface area contributed by atoms with Gasteiger partial charge in [0, 0.05) is 11.1 Å². The lowest BCUT2D eigenvalue weighted by atomic mass is 10.1. The van der Waals surface area contributed by atoms with Crippen molar-refractivity contribution in [1.82, 2.24) is 5.32 Å². The van der Waals surface area contributed by atoms with E-state index >= 15 is 0 Å². The minimum atomic E-state index is -0.969. The number of hydrogen-bond acceptors (Lipinski definition) is 6. The van der Waals surface area contributed by atoms with Gasteiger partial charge in [-0.2, -0.15) is 0 Å². The van der Waals surface area contributed by atoms with Crippen molar-refractivity contribution in [3.05, 3.63) is 59.7 Å². The fraction of sp³-hybridized carbons (Fsp3) is 0.250. The number of hydrogen-bond donors (Lipinski definition) is 1. The second-order valence-electron chi connectivity index (χ2n) is 5.64. The fourth-order valence-corrected chi connectivity index (χ4v) is 2.28. The van der Waals surface area contributed by atoms with E-state index in [4.69, 9.17) is 14.2 Å². The Morgan fingerprint density at radius 3 is 1.81 bits per heavy atom. The number of benzene rings is 2. The van der Waals surface area contributed by atoms with Crippen LogP contribution in [0.1, 0.15) is 27.6 Å². The third-order valence-electron chi connectivity index (χ3n) is 3.80. The third-order valence-corrected chi connectivity index (χ3v) is 3.80. The van der Waals surface area contributed by atoms with Crippen molar-refractivity contribution in [1.29, 1.82) is 0 Å². The van der Waals surface area contributed by atoms with Crippen LogP contribution in [0.15, 0.2) is 48.5 Å². The molecular weight excluding hydrogens is 350 g/mol. The van der Waals surface area contributed by atoms with Crippen LogP contribution in [0.25, 0.3) is 0 Å². The van der Waals surface area contributed by atoms with Crippen molar-refractivity contribution in [2.24, 2.45) is 0 Å². The van der Waals surface area contributed by atoms with Gasteiger partial charge in [-0.3, -0.25) is 14.4 Å². The molecule has 0 radical (unpaired) electrons. The van der Waals surface area contributed by atoms with Gasteiger partial charge >= 0.3 is 5.97 Å². The lowest BCUT2D eigenvalue weighted by Gasteiger charge is -2.13. The predicted molar refractivity (Wildman–Crippen MR) is 98.2 cm³/mol. The summed E-state index contributed by atoms with van der Waals surface area (Å²) in [7, 11) is 3.06. The van der Waals surface area contributed by atoms with Gasteiger partial charge in [0.2, 0.25) is 5.78 Å². The van der Waals surface area contributed by atoms with Crippen molar-refractivity contribution < 1.29 is 28.6 Å². The number of nitrogens with one attached hydrogen (secondary N) is 1. The minimum Gasteiger partial charge on any atom is -0.497 e. The largest absolute Gasteiger partial charge is 0.497 e. The molecule has 0 unspecified atom stereocenters. The van der Waals surface area contributed by atoms with Gasteiger partial charge in [-0.05, 0) is 55.5 Å². The van der Waals surface area contributed by atoms with E-state index in [0.29, 0.717) is 22.6 Å². The maximum atomic E-state index is 12.3. The van der Waals surface area contributed by atoms with Crippen LogP contribution in [0.3, 0.4) is 0 Å². The summed E-state index contributed by atoms with van der Waals surface area (Å²) in [6.45, 7) is 1.14. The van der Waals surface area contributed by atoms with Gasteiger partial charge < -0.3 is 19.5 Å². The first-order valence-electron chi connectivity index (χ1n) is 8.24. The molecule has 0 saturated carbocycles. The molecule has 0 aromatic heterocycles. The van der Waals surface area contributed by atoms with E-state index < -0.39 is 18.0 Å². The van der Waals surface area contributed by atoms with Crippen LogP contribution in [0.4, 0.5) is 0 Å². The third kappa shape index (κ3) is 5.57. The first-order chi connectivity index (χ1) is 12.9. The number of carbonyl (C=O) groups excluding carboxylic acids is 3. The van der Waals surface area contributed by atoms with Gasteiger partial charge in [-0.1, -0.05) is 0 Å². The molecule has 0 fully saturated rings. The zero-order chi connectivity index (χ0) is 19.8. The van der Waals surface area contributed by atoms with Crippen molar-refractivity contribution in [3.63, 3.8) is 0 Å². The molecule has 0 spiro atoms. The molecule has 0 aliphatic carbocycles. The Morgan fingerprint density at radius 2 is 1.33 bits per heavy atom. The summed E-state index contributed by atoms with van der Waals surface area (Å²) in [5.74, 6) is -0.225. The Labute approximate surface area is 157 Å². The highest BCUT2D eigenvalue weighted by atomic mass is 16.5. The standard InChI is InChI=1S/C20H21NO6/c1-13(19(23)14-4-8-16(25-2)9-5-14)27-18(22)12-21-20(24)15-6-10-17(26-3)11-7-15/h4-11,13H,12H2,1-3H3,(H,21,24)/t13-/m0/s1. The average molecular weight is 371 g/mol. The fourth-order valence-electron chi connectivity index (χ4n) is 2.28. The van der Waals surface area contributed by atoms with E-state index in [0.717, 1.165) is 0 Å². The summed E-state index contributed by atoms with van der Waals surface area (Å²) in [6.07, 6.45) is -0.969. The van der Waals surface area contributed by atoms with Gasteiger partial charge in [-0.15, -0.1) is 0 Å². The zero-order valence-corrected chi connectivity index (χ0v) is 15.4. The van der Waals surface area contributed by atoms with Crippen LogP contribution in [-0.4, -0.2) is 44.5 Å². The minimum absolute atomic E-state index is 0.340. The summed E-state index contributed by atoms with van der Waals surface area (Å²) >= 11 is 0. The van der Waals surface area contributed by atoms with E-state index in [-0.39, 0.29) is 12.3 Å². The molecule has 2 aromatic carbocycles. The van der Waals surface area contributed by atoms with Crippen LogP contribution >= 0.6 is 0 Å². The molecule has 1 amide bonds. The Balaban J connectivity index is 1.84. The van der Waals surface area contributed by atoms with E-state index in [9.17, 15) is 14.4 Å². The first kappa shape index (κ1) is 20.0. The highest BCUT2D eigenvalue weighted by Gasteiger charge is 2.20. The monoisotopic (exact) mass is 371 g/mol. The lowest BCUT2D eigenvalue weighted by Crippen LogP contribution is -2.34. The topological polar surface area (TPSA) is 90.9 Å². The lowest BCUT2D eigenvalue weighted by molar-refractivity contribution is -0.145. The smallest absolute Gasteiger partial charge is 0.326 e. The number of amides is 1. The first-order valence-corrected chi connectivity index (χ1v) is 8.24.